The van der Waals surface area contributed by atoms with Gasteiger partial charge in [0.1, 0.15) is 0 Å². The van der Waals surface area contributed by atoms with Crippen LogP contribution < -0.4 is 0 Å². The first kappa shape index (κ1) is 14.5. The van der Waals surface area contributed by atoms with Crippen LogP contribution in [0.25, 0.3) is 0 Å². The third-order valence-electron chi connectivity index (χ3n) is 3.10. The summed E-state index contributed by atoms with van der Waals surface area (Å²) in [6.45, 7) is 12.9. The lowest BCUT2D eigenvalue weighted by molar-refractivity contribution is 0.0179. The summed E-state index contributed by atoms with van der Waals surface area (Å²) >= 11 is 1.39. The van der Waals surface area contributed by atoms with Gasteiger partial charge in [-0.05, 0) is 37.8 Å². The molecule has 1 fully saturated rings. The summed E-state index contributed by atoms with van der Waals surface area (Å²) in [7, 11) is 0. The molecule has 0 bridgehead atoms. The number of carbonyl (C=O) groups excluding carboxylic acids is 1. The van der Waals surface area contributed by atoms with Crippen molar-refractivity contribution >= 4 is 17.2 Å². The van der Waals surface area contributed by atoms with Gasteiger partial charge in [-0.15, -0.1) is 11.3 Å². The molecule has 0 atom stereocenters. The largest absolute Gasteiger partial charge is 0.389 e. The zero-order valence-electron chi connectivity index (χ0n) is 11.4. The molecule has 0 aromatic carbocycles. The molecule has 19 heavy (non-hydrogen) atoms. The average molecular weight is 280 g/mol. The van der Waals surface area contributed by atoms with E-state index >= 15 is 0 Å². The normalized spacial score (nSPS) is 17.8. The summed E-state index contributed by atoms with van der Waals surface area (Å²) in [5.74, 6) is 0.0598. The Morgan fingerprint density at radius 3 is 2.53 bits per heavy atom. The van der Waals surface area contributed by atoms with Gasteiger partial charge in [-0.3, -0.25) is 9.69 Å². The van der Waals surface area contributed by atoms with E-state index in [0.29, 0.717) is 30.1 Å². The SMILES string of the molecule is [CH]c1csc(C(=O)N2CCN(CC(C)(C)O)CC2)c1. The van der Waals surface area contributed by atoms with Crippen molar-refractivity contribution in [3.8, 4) is 0 Å². The number of piperazine rings is 1. The van der Waals surface area contributed by atoms with Crippen LogP contribution in [0, 0.1) is 6.92 Å². The van der Waals surface area contributed by atoms with Gasteiger partial charge >= 0.3 is 0 Å². The van der Waals surface area contributed by atoms with Crippen LogP contribution in [0.1, 0.15) is 29.1 Å². The fourth-order valence-electron chi connectivity index (χ4n) is 2.28. The van der Waals surface area contributed by atoms with Gasteiger partial charge in [0.15, 0.2) is 0 Å². The Morgan fingerprint density at radius 1 is 1.42 bits per heavy atom. The quantitative estimate of drug-likeness (QED) is 0.908. The van der Waals surface area contributed by atoms with E-state index in [1.165, 1.54) is 11.3 Å². The van der Waals surface area contributed by atoms with Gasteiger partial charge in [0.25, 0.3) is 5.91 Å². The van der Waals surface area contributed by atoms with Crippen LogP contribution in [-0.4, -0.2) is 59.1 Å². The maximum atomic E-state index is 12.2. The number of carbonyl (C=O) groups is 1. The highest BCUT2D eigenvalue weighted by Gasteiger charge is 2.25. The van der Waals surface area contributed by atoms with Crippen molar-refractivity contribution in [2.24, 2.45) is 0 Å². The fourth-order valence-corrected chi connectivity index (χ4v) is 3.04. The smallest absolute Gasteiger partial charge is 0.264 e. The summed E-state index contributed by atoms with van der Waals surface area (Å²) in [5.41, 5.74) is -0.0389. The molecular formula is C14H20N2O2S. The molecule has 2 rings (SSSR count). The summed E-state index contributed by atoms with van der Waals surface area (Å²) in [6, 6.07) is 1.73. The van der Waals surface area contributed by atoms with Crippen LogP contribution in [-0.2, 0) is 0 Å². The number of β-amino-alcohol motifs (C(OH)–C–C–N with tert-alkyl or cyclic N) is 1. The standard InChI is InChI=1S/C14H20N2O2S/c1-11-8-12(19-9-11)13(17)16-6-4-15(5-7-16)10-14(2,3)18/h1,8-9,18H,4-7,10H2,2-3H3. The Kier molecular flexibility index (Phi) is 4.28. The van der Waals surface area contributed by atoms with E-state index in [-0.39, 0.29) is 5.91 Å². The Balaban J connectivity index is 1.88. The molecule has 0 saturated carbocycles. The maximum absolute atomic E-state index is 12.2. The van der Waals surface area contributed by atoms with Crippen LogP contribution >= 0.6 is 11.3 Å². The minimum atomic E-state index is -0.686. The van der Waals surface area contributed by atoms with Crippen molar-refractivity contribution in [2.75, 3.05) is 32.7 Å². The van der Waals surface area contributed by atoms with E-state index in [9.17, 15) is 9.90 Å². The molecule has 1 aromatic heterocycles. The van der Waals surface area contributed by atoms with Gasteiger partial charge in [-0.2, -0.15) is 0 Å². The highest BCUT2D eigenvalue weighted by atomic mass is 32.1. The van der Waals surface area contributed by atoms with Crippen LogP contribution in [0.4, 0.5) is 0 Å². The van der Waals surface area contributed by atoms with E-state index in [1.807, 2.05) is 4.90 Å². The maximum Gasteiger partial charge on any atom is 0.264 e. The molecule has 5 heteroatoms. The first-order valence-electron chi connectivity index (χ1n) is 6.43. The average Bonchev–Trinajstić information content (AvgIpc) is 2.74. The van der Waals surface area contributed by atoms with Crippen molar-refractivity contribution in [3.63, 3.8) is 0 Å². The summed E-state index contributed by atoms with van der Waals surface area (Å²) in [6.07, 6.45) is 0. The molecule has 2 radical (unpaired) electrons. The van der Waals surface area contributed by atoms with Gasteiger partial charge in [0, 0.05) is 32.7 Å². The van der Waals surface area contributed by atoms with Crippen LogP contribution in [0.15, 0.2) is 11.4 Å². The molecular weight excluding hydrogens is 260 g/mol. The number of hydrogen-bond donors (Lipinski definition) is 1. The number of rotatable bonds is 3. The van der Waals surface area contributed by atoms with Gasteiger partial charge in [0.05, 0.1) is 10.5 Å². The van der Waals surface area contributed by atoms with E-state index in [4.69, 9.17) is 6.92 Å². The number of aliphatic hydroxyl groups is 1. The highest BCUT2D eigenvalue weighted by molar-refractivity contribution is 7.12. The second-order valence-electron chi connectivity index (χ2n) is 5.63. The first-order valence-corrected chi connectivity index (χ1v) is 7.31. The van der Waals surface area contributed by atoms with Crippen LogP contribution in [0.2, 0.25) is 0 Å². The van der Waals surface area contributed by atoms with E-state index in [2.05, 4.69) is 4.90 Å². The Hall–Kier alpha value is -0.910. The number of thiophene rings is 1. The second kappa shape index (κ2) is 5.61. The second-order valence-corrected chi connectivity index (χ2v) is 6.54. The summed E-state index contributed by atoms with van der Waals surface area (Å²) in [4.78, 5) is 17.0. The topological polar surface area (TPSA) is 43.8 Å². The lowest BCUT2D eigenvalue weighted by Crippen LogP contribution is -2.51. The zero-order chi connectivity index (χ0) is 14.0. The van der Waals surface area contributed by atoms with Gasteiger partial charge < -0.3 is 10.0 Å². The van der Waals surface area contributed by atoms with E-state index in [1.54, 1.807) is 25.3 Å². The van der Waals surface area contributed by atoms with Gasteiger partial charge in [-0.1, -0.05) is 0 Å². The lowest BCUT2D eigenvalue weighted by atomic mass is 10.1. The molecule has 0 spiro atoms. The number of amides is 1. The molecule has 1 amide bonds. The van der Waals surface area contributed by atoms with Crippen molar-refractivity contribution in [3.05, 3.63) is 28.8 Å². The molecule has 1 saturated heterocycles. The molecule has 0 unspecified atom stereocenters. The molecule has 0 aliphatic carbocycles. The molecule has 1 aliphatic heterocycles. The van der Waals surface area contributed by atoms with Gasteiger partial charge in [-0.25, -0.2) is 0 Å². The van der Waals surface area contributed by atoms with E-state index in [0.717, 1.165) is 13.1 Å². The highest BCUT2D eigenvalue weighted by Crippen LogP contribution is 2.17. The van der Waals surface area contributed by atoms with Crippen LogP contribution in [0.5, 0.6) is 0 Å². The Morgan fingerprint density at radius 2 is 2.05 bits per heavy atom. The van der Waals surface area contributed by atoms with Crippen LogP contribution in [0.3, 0.4) is 0 Å². The van der Waals surface area contributed by atoms with Crippen molar-refractivity contribution in [1.82, 2.24) is 9.80 Å². The molecule has 1 N–H and O–H groups in total. The third-order valence-corrected chi connectivity index (χ3v) is 4.04. The Labute approximate surface area is 118 Å². The molecule has 1 aliphatic rings. The first-order chi connectivity index (χ1) is 8.85. The predicted molar refractivity (Wildman–Crippen MR) is 76.4 cm³/mol. The molecule has 4 nitrogen and oxygen atoms in total. The van der Waals surface area contributed by atoms with Crippen molar-refractivity contribution in [1.29, 1.82) is 0 Å². The minimum absolute atomic E-state index is 0.0598. The number of nitrogens with zero attached hydrogens (tertiary/aromatic N) is 2. The monoisotopic (exact) mass is 280 g/mol. The summed E-state index contributed by atoms with van der Waals surface area (Å²) < 4.78 is 0. The molecule has 1 aromatic rings. The van der Waals surface area contributed by atoms with Crippen molar-refractivity contribution in [2.45, 2.75) is 19.4 Å². The minimum Gasteiger partial charge on any atom is -0.389 e. The number of hydrogen-bond acceptors (Lipinski definition) is 4. The van der Waals surface area contributed by atoms with Gasteiger partial charge in [0.2, 0.25) is 0 Å². The Bertz CT molecular complexity index is 443. The zero-order valence-corrected chi connectivity index (χ0v) is 12.2. The van der Waals surface area contributed by atoms with Crippen molar-refractivity contribution < 1.29 is 9.90 Å². The predicted octanol–water partition coefficient (Wildman–Crippen LogP) is 1.34. The lowest BCUT2D eigenvalue weighted by Gasteiger charge is -2.37. The van der Waals surface area contributed by atoms with E-state index < -0.39 is 5.60 Å². The molecule has 2 heterocycles. The summed E-state index contributed by atoms with van der Waals surface area (Å²) in [5, 5.41) is 11.6. The fraction of sp³-hybridized carbons (Fsp3) is 0.571. The molecule has 104 valence electrons. The third kappa shape index (κ3) is 4.03.